The lowest BCUT2D eigenvalue weighted by atomic mass is 9.67. The Morgan fingerprint density at radius 2 is 1.76 bits per heavy atom. The summed E-state index contributed by atoms with van der Waals surface area (Å²) < 4.78 is 0. The fraction of sp³-hybridized carbons (Fsp3) is 0.333. The Hall–Kier alpha value is -2.00. The van der Waals surface area contributed by atoms with Crippen molar-refractivity contribution in [2.24, 2.45) is 5.92 Å². The van der Waals surface area contributed by atoms with Crippen LogP contribution in [0, 0.1) is 5.92 Å². The summed E-state index contributed by atoms with van der Waals surface area (Å²) in [5.41, 5.74) is 3.27. The average molecular weight is 280 g/mol. The van der Waals surface area contributed by atoms with E-state index in [1.165, 1.54) is 0 Å². The smallest absolute Gasteiger partial charge is 0.190 e. The van der Waals surface area contributed by atoms with Crippen LogP contribution in [0.15, 0.2) is 47.1 Å². The number of carbonyl (C=O) groups excluding carboxylic acids is 2. The standard InChI is InChI=1S/C18H16O3/c19-14-7-3-4-10-8-9-13-16(15(10)14)18(21)12-6-2-1-5-11(12)17(13)20/h1-2,5-6,8,14-15,19H,3-4,7,9H2/t14-,15-/m1/s1. The SMILES string of the molecule is O=C1C2=C(C(=O)c3ccccc31)[C@@H]1C(=CC2)CCC[C@H]1O. The molecule has 1 aromatic carbocycles. The third kappa shape index (κ3) is 1.70. The summed E-state index contributed by atoms with van der Waals surface area (Å²) in [5, 5.41) is 10.4. The number of aliphatic hydroxyl groups is 1. The number of benzene rings is 1. The summed E-state index contributed by atoms with van der Waals surface area (Å²) in [7, 11) is 0. The van der Waals surface area contributed by atoms with E-state index >= 15 is 0 Å². The van der Waals surface area contributed by atoms with Crippen molar-refractivity contribution in [2.45, 2.75) is 31.8 Å². The fourth-order valence-electron chi connectivity index (χ4n) is 3.90. The van der Waals surface area contributed by atoms with Gasteiger partial charge in [0, 0.05) is 28.2 Å². The first-order chi connectivity index (χ1) is 10.2. The first kappa shape index (κ1) is 12.7. The van der Waals surface area contributed by atoms with Crippen LogP contribution in [0.1, 0.15) is 46.4 Å². The summed E-state index contributed by atoms with van der Waals surface area (Å²) >= 11 is 0. The molecule has 0 amide bonds. The van der Waals surface area contributed by atoms with E-state index in [2.05, 4.69) is 0 Å². The molecule has 1 aromatic rings. The molecule has 1 saturated carbocycles. The van der Waals surface area contributed by atoms with Crippen molar-refractivity contribution in [1.82, 2.24) is 0 Å². The predicted molar refractivity (Wildman–Crippen MR) is 78.2 cm³/mol. The molecule has 3 heteroatoms. The first-order valence-corrected chi connectivity index (χ1v) is 7.47. The molecule has 1 N–H and O–H groups in total. The lowest BCUT2D eigenvalue weighted by Gasteiger charge is -2.37. The molecule has 3 aliphatic rings. The van der Waals surface area contributed by atoms with Crippen LogP contribution in [0.2, 0.25) is 0 Å². The summed E-state index contributed by atoms with van der Waals surface area (Å²) in [4.78, 5) is 25.5. The number of ketones is 2. The van der Waals surface area contributed by atoms with E-state index in [0.29, 0.717) is 35.1 Å². The Kier molecular flexibility index (Phi) is 2.73. The number of carbonyl (C=O) groups is 2. The molecule has 0 heterocycles. The second kappa shape index (κ2) is 4.50. The molecule has 0 spiro atoms. The molecule has 3 aliphatic carbocycles. The maximum Gasteiger partial charge on any atom is 0.190 e. The van der Waals surface area contributed by atoms with Gasteiger partial charge in [-0.2, -0.15) is 0 Å². The second-order valence-electron chi connectivity index (χ2n) is 6.02. The average Bonchev–Trinajstić information content (AvgIpc) is 2.52. The zero-order valence-corrected chi connectivity index (χ0v) is 11.6. The van der Waals surface area contributed by atoms with Crippen molar-refractivity contribution >= 4 is 11.6 Å². The monoisotopic (exact) mass is 280 g/mol. The van der Waals surface area contributed by atoms with Gasteiger partial charge in [0.2, 0.25) is 0 Å². The van der Waals surface area contributed by atoms with E-state index in [1.54, 1.807) is 24.3 Å². The molecule has 0 aromatic heterocycles. The van der Waals surface area contributed by atoms with E-state index < -0.39 is 6.10 Å². The highest BCUT2D eigenvalue weighted by atomic mass is 16.3. The van der Waals surface area contributed by atoms with Crippen molar-refractivity contribution in [3.63, 3.8) is 0 Å². The van der Waals surface area contributed by atoms with Crippen LogP contribution in [0.3, 0.4) is 0 Å². The van der Waals surface area contributed by atoms with Crippen molar-refractivity contribution in [3.8, 4) is 0 Å². The van der Waals surface area contributed by atoms with Crippen LogP contribution in [0.4, 0.5) is 0 Å². The van der Waals surface area contributed by atoms with Gasteiger partial charge in [0.1, 0.15) is 0 Å². The van der Waals surface area contributed by atoms with Crippen LogP contribution in [-0.2, 0) is 0 Å². The Balaban J connectivity index is 1.89. The molecule has 0 radical (unpaired) electrons. The lowest BCUT2D eigenvalue weighted by molar-refractivity contribution is 0.0872. The van der Waals surface area contributed by atoms with Gasteiger partial charge in [0.15, 0.2) is 11.6 Å². The zero-order valence-electron chi connectivity index (χ0n) is 11.6. The van der Waals surface area contributed by atoms with Crippen LogP contribution in [0.5, 0.6) is 0 Å². The van der Waals surface area contributed by atoms with Gasteiger partial charge in [0.25, 0.3) is 0 Å². The first-order valence-electron chi connectivity index (χ1n) is 7.47. The Labute approximate surface area is 123 Å². The van der Waals surface area contributed by atoms with Gasteiger partial charge in [0.05, 0.1) is 6.10 Å². The quantitative estimate of drug-likeness (QED) is 0.743. The van der Waals surface area contributed by atoms with Gasteiger partial charge in [-0.1, -0.05) is 35.9 Å². The highest BCUT2D eigenvalue weighted by Gasteiger charge is 2.42. The number of hydrogen-bond acceptors (Lipinski definition) is 3. The minimum atomic E-state index is -0.544. The molecule has 0 unspecified atom stereocenters. The summed E-state index contributed by atoms with van der Waals surface area (Å²) in [6, 6.07) is 7.00. The number of allylic oxidation sites excluding steroid dienone is 2. The summed E-state index contributed by atoms with van der Waals surface area (Å²) in [5.74, 6) is -0.391. The zero-order chi connectivity index (χ0) is 14.6. The molecule has 0 saturated heterocycles. The van der Waals surface area contributed by atoms with Crippen LogP contribution in [-0.4, -0.2) is 22.8 Å². The van der Waals surface area contributed by atoms with Gasteiger partial charge in [-0.3, -0.25) is 9.59 Å². The van der Waals surface area contributed by atoms with Gasteiger partial charge in [-0.05, 0) is 25.7 Å². The topological polar surface area (TPSA) is 54.4 Å². The number of aliphatic hydroxyl groups excluding tert-OH is 1. The molecule has 21 heavy (non-hydrogen) atoms. The number of hydrogen-bond donors (Lipinski definition) is 1. The van der Waals surface area contributed by atoms with Crippen LogP contribution in [0.25, 0.3) is 0 Å². The molecule has 1 fully saturated rings. The number of Topliss-reactive ketones (excluding diaryl/α,β-unsaturated/α-hetero) is 2. The third-order valence-corrected chi connectivity index (χ3v) is 4.89. The van der Waals surface area contributed by atoms with Crippen LogP contribution >= 0.6 is 0 Å². The molecule has 3 nitrogen and oxygen atoms in total. The number of fused-ring (bicyclic) bond motifs is 3. The Morgan fingerprint density at radius 3 is 2.52 bits per heavy atom. The Bertz CT molecular complexity index is 724. The summed E-state index contributed by atoms with van der Waals surface area (Å²) in [6.45, 7) is 0. The minimum Gasteiger partial charge on any atom is -0.392 e. The molecule has 2 atom stereocenters. The molecule has 0 aliphatic heterocycles. The third-order valence-electron chi connectivity index (χ3n) is 4.89. The summed E-state index contributed by atoms with van der Waals surface area (Å²) in [6.07, 6.45) is 4.59. The molecule has 4 rings (SSSR count). The van der Waals surface area contributed by atoms with E-state index in [-0.39, 0.29) is 17.5 Å². The molecule has 0 bridgehead atoms. The van der Waals surface area contributed by atoms with Crippen molar-refractivity contribution < 1.29 is 14.7 Å². The normalized spacial score (nSPS) is 27.8. The highest BCUT2D eigenvalue weighted by molar-refractivity contribution is 6.27. The second-order valence-corrected chi connectivity index (χ2v) is 6.02. The maximum atomic E-state index is 12.8. The van der Waals surface area contributed by atoms with Gasteiger partial charge >= 0.3 is 0 Å². The van der Waals surface area contributed by atoms with E-state index in [4.69, 9.17) is 0 Å². The molecule has 106 valence electrons. The minimum absolute atomic E-state index is 0.0479. The molecular formula is C18H16O3. The lowest BCUT2D eigenvalue weighted by Crippen LogP contribution is -2.37. The largest absolute Gasteiger partial charge is 0.392 e. The van der Waals surface area contributed by atoms with Gasteiger partial charge in [-0.15, -0.1) is 0 Å². The van der Waals surface area contributed by atoms with Crippen molar-refractivity contribution in [3.05, 3.63) is 58.2 Å². The maximum absolute atomic E-state index is 12.8. The highest BCUT2D eigenvalue weighted by Crippen LogP contribution is 2.44. The van der Waals surface area contributed by atoms with E-state index in [9.17, 15) is 14.7 Å². The van der Waals surface area contributed by atoms with E-state index in [0.717, 1.165) is 18.4 Å². The van der Waals surface area contributed by atoms with Gasteiger partial charge in [-0.25, -0.2) is 0 Å². The van der Waals surface area contributed by atoms with Crippen molar-refractivity contribution in [2.75, 3.05) is 0 Å². The van der Waals surface area contributed by atoms with Crippen molar-refractivity contribution in [1.29, 1.82) is 0 Å². The molecular weight excluding hydrogens is 264 g/mol. The van der Waals surface area contributed by atoms with Gasteiger partial charge < -0.3 is 5.11 Å². The number of rotatable bonds is 0. The van der Waals surface area contributed by atoms with Crippen LogP contribution < -0.4 is 0 Å². The fourth-order valence-corrected chi connectivity index (χ4v) is 3.90. The predicted octanol–water partition coefficient (Wildman–Crippen LogP) is 2.85. The van der Waals surface area contributed by atoms with E-state index in [1.807, 2.05) is 6.08 Å². The Morgan fingerprint density at radius 1 is 1.05 bits per heavy atom.